The number of hydrogen-bond acceptors (Lipinski definition) is 2. The van der Waals surface area contributed by atoms with Gasteiger partial charge < -0.3 is 9.84 Å². The molecule has 0 saturated heterocycles. The standard InChI is InChI=1S/C15H16O3/c1-15(9-13(16)17)14-11(6-7-18-15)8-10-4-2-3-5-12(10)14/h2-5H,6-9H2,1H3,(H,16,17). The normalized spacial score (nSPS) is 25.8. The van der Waals surface area contributed by atoms with Crippen LogP contribution >= 0.6 is 0 Å². The van der Waals surface area contributed by atoms with Gasteiger partial charge in [0.1, 0.15) is 5.60 Å². The Balaban J connectivity index is 2.09. The fraction of sp³-hybridized carbons (Fsp3) is 0.400. The third kappa shape index (κ3) is 1.66. The topological polar surface area (TPSA) is 46.5 Å². The van der Waals surface area contributed by atoms with Gasteiger partial charge in [-0.3, -0.25) is 4.79 Å². The molecule has 18 heavy (non-hydrogen) atoms. The lowest BCUT2D eigenvalue weighted by Gasteiger charge is -2.35. The predicted octanol–water partition coefficient (Wildman–Crippen LogP) is 2.65. The Morgan fingerprint density at radius 1 is 1.44 bits per heavy atom. The number of benzene rings is 1. The van der Waals surface area contributed by atoms with E-state index < -0.39 is 11.6 Å². The van der Waals surface area contributed by atoms with Crippen LogP contribution in [0.3, 0.4) is 0 Å². The minimum atomic E-state index is -0.810. The number of carboxylic acid groups (broad SMARTS) is 1. The summed E-state index contributed by atoms with van der Waals surface area (Å²) >= 11 is 0. The summed E-state index contributed by atoms with van der Waals surface area (Å²) in [4.78, 5) is 11.1. The van der Waals surface area contributed by atoms with Crippen LogP contribution in [0.5, 0.6) is 0 Å². The lowest BCUT2D eigenvalue weighted by Crippen LogP contribution is -2.36. The molecule has 1 aliphatic heterocycles. The molecule has 3 rings (SSSR count). The number of ether oxygens (including phenoxy) is 1. The molecule has 1 heterocycles. The van der Waals surface area contributed by atoms with Crippen molar-refractivity contribution >= 4 is 11.5 Å². The van der Waals surface area contributed by atoms with Crippen molar-refractivity contribution in [2.75, 3.05) is 6.61 Å². The van der Waals surface area contributed by atoms with E-state index >= 15 is 0 Å². The van der Waals surface area contributed by atoms with E-state index in [4.69, 9.17) is 9.84 Å². The summed E-state index contributed by atoms with van der Waals surface area (Å²) < 4.78 is 5.81. The number of carboxylic acids is 1. The highest BCUT2D eigenvalue weighted by atomic mass is 16.5. The minimum absolute atomic E-state index is 0.0279. The largest absolute Gasteiger partial charge is 0.481 e. The van der Waals surface area contributed by atoms with Crippen LogP contribution in [-0.4, -0.2) is 23.3 Å². The summed E-state index contributed by atoms with van der Waals surface area (Å²) in [7, 11) is 0. The van der Waals surface area contributed by atoms with E-state index in [9.17, 15) is 4.79 Å². The zero-order valence-corrected chi connectivity index (χ0v) is 10.4. The number of aliphatic carboxylic acids is 1. The van der Waals surface area contributed by atoms with Crippen LogP contribution in [0.4, 0.5) is 0 Å². The third-order valence-electron chi connectivity index (χ3n) is 3.89. The van der Waals surface area contributed by atoms with Crippen molar-refractivity contribution in [3.8, 4) is 0 Å². The fourth-order valence-corrected chi connectivity index (χ4v) is 3.20. The lowest BCUT2D eigenvalue weighted by atomic mass is 9.84. The van der Waals surface area contributed by atoms with Gasteiger partial charge in [0.15, 0.2) is 0 Å². The molecule has 3 nitrogen and oxygen atoms in total. The molecule has 0 radical (unpaired) electrons. The number of rotatable bonds is 2. The highest BCUT2D eigenvalue weighted by Gasteiger charge is 2.41. The first-order valence-electron chi connectivity index (χ1n) is 6.27. The van der Waals surface area contributed by atoms with Crippen LogP contribution in [0, 0.1) is 0 Å². The lowest BCUT2D eigenvalue weighted by molar-refractivity contribution is -0.142. The fourth-order valence-electron chi connectivity index (χ4n) is 3.20. The maximum Gasteiger partial charge on any atom is 0.306 e. The van der Waals surface area contributed by atoms with Crippen molar-refractivity contribution in [1.29, 1.82) is 0 Å². The van der Waals surface area contributed by atoms with Crippen LogP contribution in [0.15, 0.2) is 29.8 Å². The molecule has 1 atom stereocenters. The van der Waals surface area contributed by atoms with Gasteiger partial charge in [-0.2, -0.15) is 0 Å². The first-order valence-corrected chi connectivity index (χ1v) is 6.27. The molecule has 0 spiro atoms. The van der Waals surface area contributed by atoms with E-state index in [-0.39, 0.29) is 6.42 Å². The number of hydrogen-bond donors (Lipinski definition) is 1. The molecular formula is C15H16O3. The van der Waals surface area contributed by atoms with E-state index in [1.54, 1.807) is 0 Å². The molecule has 1 aromatic carbocycles. The molecule has 0 bridgehead atoms. The molecule has 1 N–H and O–H groups in total. The van der Waals surface area contributed by atoms with Crippen molar-refractivity contribution in [2.24, 2.45) is 0 Å². The Morgan fingerprint density at radius 3 is 3.00 bits per heavy atom. The van der Waals surface area contributed by atoms with Crippen molar-refractivity contribution < 1.29 is 14.6 Å². The van der Waals surface area contributed by atoms with Crippen molar-refractivity contribution in [3.63, 3.8) is 0 Å². The molecule has 0 aromatic heterocycles. The molecular weight excluding hydrogens is 228 g/mol. The molecule has 1 unspecified atom stereocenters. The average molecular weight is 244 g/mol. The SMILES string of the molecule is CC1(CC(=O)O)OCCC2=C1c1ccccc1C2. The van der Waals surface area contributed by atoms with Crippen LogP contribution in [0.2, 0.25) is 0 Å². The van der Waals surface area contributed by atoms with Gasteiger partial charge in [-0.05, 0) is 36.5 Å². The summed E-state index contributed by atoms with van der Waals surface area (Å²) in [5.41, 5.74) is 4.27. The van der Waals surface area contributed by atoms with E-state index in [1.165, 1.54) is 16.7 Å². The van der Waals surface area contributed by atoms with Gasteiger partial charge >= 0.3 is 5.97 Å². The number of carbonyl (C=O) groups is 1. The van der Waals surface area contributed by atoms with Crippen molar-refractivity contribution in [2.45, 2.75) is 31.8 Å². The second-order valence-corrected chi connectivity index (χ2v) is 5.21. The smallest absolute Gasteiger partial charge is 0.306 e. The van der Waals surface area contributed by atoms with E-state index in [1.807, 2.05) is 19.1 Å². The average Bonchev–Trinajstić information content (AvgIpc) is 2.67. The van der Waals surface area contributed by atoms with Crippen molar-refractivity contribution in [3.05, 3.63) is 41.0 Å². The van der Waals surface area contributed by atoms with Gasteiger partial charge in [0.25, 0.3) is 0 Å². The molecule has 94 valence electrons. The van der Waals surface area contributed by atoms with Gasteiger partial charge in [-0.25, -0.2) is 0 Å². The second-order valence-electron chi connectivity index (χ2n) is 5.21. The first-order chi connectivity index (χ1) is 8.60. The summed E-state index contributed by atoms with van der Waals surface area (Å²) in [6.45, 7) is 2.52. The van der Waals surface area contributed by atoms with Crippen LogP contribution in [-0.2, 0) is 16.0 Å². The van der Waals surface area contributed by atoms with Gasteiger partial charge in [-0.15, -0.1) is 0 Å². The molecule has 0 fully saturated rings. The highest BCUT2D eigenvalue weighted by molar-refractivity contribution is 5.85. The summed E-state index contributed by atoms with van der Waals surface area (Å²) in [5.74, 6) is -0.810. The zero-order valence-electron chi connectivity index (χ0n) is 10.4. The van der Waals surface area contributed by atoms with Gasteiger partial charge in [0.2, 0.25) is 0 Å². The molecule has 1 aliphatic carbocycles. The first kappa shape index (κ1) is 11.5. The maximum atomic E-state index is 11.1. The third-order valence-corrected chi connectivity index (χ3v) is 3.89. The van der Waals surface area contributed by atoms with Crippen molar-refractivity contribution in [1.82, 2.24) is 0 Å². The maximum absolute atomic E-state index is 11.1. The Morgan fingerprint density at radius 2 is 2.22 bits per heavy atom. The van der Waals surface area contributed by atoms with E-state index in [0.29, 0.717) is 6.61 Å². The zero-order chi connectivity index (χ0) is 12.8. The van der Waals surface area contributed by atoms with Crippen LogP contribution in [0.1, 0.15) is 30.9 Å². The molecule has 2 aliphatic rings. The Labute approximate surface area is 106 Å². The summed E-state index contributed by atoms with van der Waals surface area (Å²) in [6, 6.07) is 8.23. The number of fused-ring (bicyclic) bond motifs is 2. The molecule has 1 aromatic rings. The van der Waals surface area contributed by atoms with Gasteiger partial charge in [0.05, 0.1) is 13.0 Å². The van der Waals surface area contributed by atoms with E-state index in [2.05, 4.69) is 12.1 Å². The van der Waals surface area contributed by atoms with E-state index in [0.717, 1.165) is 18.4 Å². The monoisotopic (exact) mass is 244 g/mol. The molecule has 3 heteroatoms. The molecule has 0 amide bonds. The molecule has 0 saturated carbocycles. The predicted molar refractivity (Wildman–Crippen MR) is 68.3 cm³/mol. The summed E-state index contributed by atoms with van der Waals surface area (Å²) in [6.07, 6.45) is 1.89. The van der Waals surface area contributed by atoms with Crippen LogP contribution < -0.4 is 0 Å². The Hall–Kier alpha value is -1.61. The van der Waals surface area contributed by atoms with Gasteiger partial charge in [0, 0.05) is 0 Å². The Bertz CT molecular complexity index is 544. The summed E-state index contributed by atoms with van der Waals surface area (Å²) in [5, 5.41) is 9.10. The second kappa shape index (κ2) is 3.95. The highest BCUT2D eigenvalue weighted by Crippen LogP contribution is 2.46. The van der Waals surface area contributed by atoms with Gasteiger partial charge in [-0.1, -0.05) is 29.8 Å². The Kier molecular flexibility index (Phi) is 2.52. The minimum Gasteiger partial charge on any atom is -0.481 e. The quantitative estimate of drug-likeness (QED) is 0.870. The van der Waals surface area contributed by atoms with Crippen LogP contribution in [0.25, 0.3) is 5.57 Å².